The molecule has 1 aliphatic carbocycles. The number of carbonyl (C=O) groups is 2. The van der Waals surface area contributed by atoms with Crippen molar-refractivity contribution in [2.24, 2.45) is 0 Å². The Balaban J connectivity index is 1.75. The normalized spacial score (nSPS) is 30.1. The predicted molar refractivity (Wildman–Crippen MR) is 76.0 cm³/mol. The zero-order valence-electron chi connectivity index (χ0n) is 11.6. The third-order valence-electron chi connectivity index (χ3n) is 4.74. The molecule has 0 radical (unpaired) electrons. The molecule has 4 nitrogen and oxygen atoms in total. The van der Waals surface area contributed by atoms with Crippen molar-refractivity contribution in [2.75, 3.05) is 25.9 Å². The molecule has 0 aromatic carbocycles. The lowest BCUT2D eigenvalue weighted by molar-refractivity contribution is -0.143. The van der Waals surface area contributed by atoms with E-state index < -0.39 is 0 Å². The molecule has 2 saturated heterocycles. The molecule has 0 aromatic rings. The van der Waals surface area contributed by atoms with Gasteiger partial charge in [0, 0.05) is 30.8 Å². The number of carbonyl (C=O) groups excluding carboxylic acids is 2. The van der Waals surface area contributed by atoms with Crippen LogP contribution in [0.25, 0.3) is 0 Å². The van der Waals surface area contributed by atoms with Crippen LogP contribution in [0, 0.1) is 0 Å². The van der Waals surface area contributed by atoms with Gasteiger partial charge in [-0.25, -0.2) is 0 Å². The fraction of sp³-hybridized carbons (Fsp3) is 0.857. The summed E-state index contributed by atoms with van der Waals surface area (Å²) in [4.78, 5) is 28.6. The van der Waals surface area contributed by atoms with Crippen LogP contribution in [-0.4, -0.2) is 58.3 Å². The molecule has 2 heterocycles. The van der Waals surface area contributed by atoms with Gasteiger partial charge in [-0.05, 0) is 38.4 Å². The Morgan fingerprint density at radius 2 is 2.05 bits per heavy atom. The van der Waals surface area contributed by atoms with E-state index in [-0.39, 0.29) is 17.9 Å². The van der Waals surface area contributed by atoms with Crippen molar-refractivity contribution in [3.05, 3.63) is 0 Å². The molecule has 0 spiro atoms. The van der Waals surface area contributed by atoms with Gasteiger partial charge in [0.1, 0.15) is 6.04 Å². The van der Waals surface area contributed by atoms with Crippen LogP contribution in [0.1, 0.15) is 38.5 Å². The minimum absolute atomic E-state index is 0.165. The van der Waals surface area contributed by atoms with Crippen LogP contribution in [0.4, 0.5) is 0 Å². The predicted octanol–water partition coefficient (Wildman–Crippen LogP) is 1.50. The van der Waals surface area contributed by atoms with Crippen molar-refractivity contribution in [3.8, 4) is 0 Å². The number of rotatable bonds is 3. The fourth-order valence-corrected chi connectivity index (χ4v) is 4.05. The van der Waals surface area contributed by atoms with E-state index in [1.807, 2.05) is 21.6 Å². The molecule has 0 N–H and O–H groups in total. The second-order valence-electron chi connectivity index (χ2n) is 6.00. The van der Waals surface area contributed by atoms with E-state index in [1.165, 1.54) is 12.8 Å². The van der Waals surface area contributed by atoms with E-state index in [0.29, 0.717) is 17.7 Å². The zero-order valence-corrected chi connectivity index (χ0v) is 12.4. The molecule has 1 atom stereocenters. The number of nitrogens with zero attached hydrogens (tertiary/aromatic N) is 2. The quantitative estimate of drug-likeness (QED) is 0.787. The van der Waals surface area contributed by atoms with Crippen LogP contribution in [0.2, 0.25) is 0 Å². The Bertz CT molecular complexity index is 395. The Labute approximate surface area is 118 Å². The topological polar surface area (TPSA) is 40.6 Å². The Kier molecular flexibility index (Phi) is 3.50. The number of piperidine rings is 1. The van der Waals surface area contributed by atoms with Crippen molar-refractivity contribution >= 4 is 23.6 Å². The summed E-state index contributed by atoms with van der Waals surface area (Å²) < 4.78 is 0.294. The monoisotopic (exact) mass is 282 g/mol. The summed E-state index contributed by atoms with van der Waals surface area (Å²) in [5, 5.41) is 0. The average molecular weight is 282 g/mol. The maximum atomic E-state index is 12.7. The molecule has 1 unspecified atom stereocenters. The number of thioether (sulfide) groups is 1. The lowest BCUT2D eigenvalue weighted by Gasteiger charge is -2.35. The highest BCUT2D eigenvalue weighted by molar-refractivity contribution is 8.00. The summed E-state index contributed by atoms with van der Waals surface area (Å²) in [6.07, 6.45) is 8.03. The molecule has 1 saturated carbocycles. The van der Waals surface area contributed by atoms with E-state index >= 15 is 0 Å². The van der Waals surface area contributed by atoms with Crippen LogP contribution in [0.5, 0.6) is 0 Å². The van der Waals surface area contributed by atoms with Gasteiger partial charge in [-0.2, -0.15) is 11.8 Å². The van der Waals surface area contributed by atoms with Gasteiger partial charge < -0.3 is 9.80 Å². The van der Waals surface area contributed by atoms with Gasteiger partial charge in [-0.1, -0.05) is 0 Å². The lowest BCUT2D eigenvalue weighted by Crippen LogP contribution is -2.50. The van der Waals surface area contributed by atoms with Gasteiger partial charge in [0.2, 0.25) is 11.8 Å². The first-order chi connectivity index (χ1) is 9.15. The van der Waals surface area contributed by atoms with E-state index in [9.17, 15) is 9.59 Å². The van der Waals surface area contributed by atoms with Gasteiger partial charge in [-0.3, -0.25) is 9.59 Å². The van der Waals surface area contributed by atoms with Crippen LogP contribution in [0.15, 0.2) is 0 Å². The van der Waals surface area contributed by atoms with Gasteiger partial charge >= 0.3 is 0 Å². The number of amides is 2. The molecular weight excluding hydrogens is 260 g/mol. The van der Waals surface area contributed by atoms with E-state index in [1.54, 1.807) is 0 Å². The Morgan fingerprint density at radius 1 is 1.26 bits per heavy atom. The summed E-state index contributed by atoms with van der Waals surface area (Å²) >= 11 is 1.88. The van der Waals surface area contributed by atoms with E-state index in [4.69, 9.17) is 0 Å². The van der Waals surface area contributed by atoms with Crippen LogP contribution < -0.4 is 0 Å². The van der Waals surface area contributed by atoms with Gasteiger partial charge in [0.25, 0.3) is 0 Å². The molecule has 0 bridgehead atoms. The molecular formula is C14H22N2O2S. The third-order valence-corrected chi connectivity index (χ3v) is 6.14. The molecule has 3 fully saturated rings. The van der Waals surface area contributed by atoms with Gasteiger partial charge in [0.05, 0.1) is 0 Å². The van der Waals surface area contributed by atoms with Crippen molar-refractivity contribution in [3.63, 3.8) is 0 Å². The first kappa shape index (κ1) is 13.3. The van der Waals surface area contributed by atoms with Crippen LogP contribution >= 0.6 is 11.8 Å². The molecule has 5 heteroatoms. The highest BCUT2D eigenvalue weighted by Crippen LogP contribution is 2.48. The fourth-order valence-electron chi connectivity index (χ4n) is 3.25. The highest BCUT2D eigenvalue weighted by atomic mass is 32.2. The largest absolute Gasteiger partial charge is 0.339 e. The SMILES string of the molecule is CSC1(CN2CCC(=O)N3CCCCC3C2=O)CC1. The number of hydrogen-bond donors (Lipinski definition) is 0. The maximum Gasteiger partial charge on any atom is 0.245 e. The van der Waals surface area contributed by atoms with E-state index in [0.717, 1.165) is 32.4 Å². The van der Waals surface area contributed by atoms with Crippen LogP contribution in [-0.2, 0) is 9.59 Å². The summed E-state index contributed by atoms with van der Waals surface area (Å²) in [6.45, 7) is 2.23. The molecule has 19 heavy (non-hydrogen) atoms. The maximum absolute atomic E-state index is 12.7. The molecule has 106 valence electrons. The highest BCUT2D eigenvalue weighted by Gasteiger charge is 2.46. The summed E-state index contributed by atoms with van der Waals surface area (Å²) in [7, 11) is 0. The Morgan fingerprint density at radius 3 is 2.74 bits per heavy atom. The summed E-state index contributed by atoms with van der Waals surface area (Å²) in [6, 6.07) is -0.165. The number of hydrogen-bond acceptors (Lipinski definition) is 3. The van der Waals surface area contributed by atoms with Gasteiger partial charge in [0.15, 0.2) is 0 Å². The van der Waals surface area contributed by atoms with Crippen molar-refractivity contribution in [2.45, 2.75) is 49.3 Å². The second kappa shape index (κ2) is 5.00. The standard InChI is InChI=1S/C14H22N2O2S/c1-19-14(6-7-14)10-15-9-5-12(17)16-8-3-2-4-11(16)13(15)18/h11H,2-10H2,1H3. The molecule has 2 aliphatic heterocycles. The van der Waals surface area contributed by atoms with E-state index in [2.05, 4.69) is 6.26 Å². The average Bonchev–Trinajstić information content (AvgIpc) is 3.23. The number of fused-ring (bicyclic) bond motifs is 1. The smallest absolute Gasteiger partial charge is 0.245 e. The Hall–Kier alpha value is -0.710. The lowest BCUT2D eigenvalue weighted by atomic mass is 10.0. The van der Waals surface area contributed by atoms with Crippen molar-refractivity contribution in [1.82, 2.24) is 9.80 Å². The summed E-state index contributed by atoms with van der Waals surface area (Å²) in [5.74, 6) is 0.375. The van der Waals surface area contributed by atoms with Gasteiger partial charge in [-0.15, -0.1) is 0 Å². The van der Waals surface area contributed by atoms with Crippen molar-refractivity contribution < 1.29 is 9.59 Å². The first-order valence-electron chi connectivity index (χ1n) is 7.29. The first-order valence-corrected chi connectivity index (χ1v) is 8.51. The van der Waals surface area contributed by atoms with Crippen molar-refractivity contribution in [1.29, 1.82) is 0 Å². The van der Waals surface area contributed by atoms with Crippen LogP contribution in [0.3, 0.4) is 0 Å². The molecule has 3 aliphatic rings. The molecule has 0 aromatic heterocycles. The second-order valence-corrected chi connectivity index (χ2v) is 7.27. The zero-order chi connectivity index (χ0) is 13.5. The minimum Gasteiger partial charge on any atom is -0.339 e. The third kappa shape index (κ3) is 2.49. The molecule has 2 amide bonds. The summed E-state index contributed by atoms with van der Waals surface area (Å²) in [5.41, 5.74) is 0. The molecule has 3 rings (SSSR count). The minimum atomic E-state index is -0.165.